The van der Waals surface area contributed by atoms with Crippen LogP contribution >= 0.6 is 11.8 Å². The van der Waals surface area contributed by atoms with E-state index in [1.165, 1.54) is 17.8 Å². The summed E-state index contributed by atoms with van der Waals surface area (Å²) in [7, 11) is 1.60. The van der Waals surface area contributed by atoms with E-state index in [2.05, 4.69) is 5.32 Å². The number of ketones is 1. The molecule has 1 N–H and O–H groups in total. The predicted molar refractivity (Wildman–Crippen MR) is 119 cm³/mol. The molecular weight excluding hydrogens is 382 g/mol. The number of Topliss-reactive ketones (excluding diaryl/α,β-unsaturated/α-hetero) is 1. The van der Waals surface area contributed by atoms with Crippen LogP contribution in [0, 0.1) is 0 Å². The molecule has 0 bridgehead atoms. The van der Waals surface area contributed by atoms with E-state index >= 15 is 0 Å². The number of thioether (sulfide) groups is 1. The lowest BCUT2D eigenvalue weighted by atomic mass is 10.1. The number of rotatable bonds is 8. The lowest BCUT2D eigenvalue weighted by Gasteiger charge is -2.05. The van der Waals surface area contributed by atoms with Crippen molar-refractivity contribution in [2.75, 3.05) is 18.2 Å². The van der Waals surface area contributed by atoms with Crippen LogP contribution in [0.5, 0.6) is 5.75 Å². The molecule has 0 radical (unpaired) electrons. The van der Waals surface area contributed by atoms with E-state index in [0.29, 0.717) is 17.0 Å². The SMILES string of the molecule is COc1ccc(C(=O)CSc2ccc(NC(=O)/C=C/c3ccccc3)cc2)cc1. The molecule has 0 spiro atoms. The minimum Gasteiger partial charge on any atom is -0.497 e. The van der Waals surface area contributed by atoms with Crippen molar-refractivity contribution >= 4 is 35.2 Å². The van der Waals surface area contributed by atoms with Gasteiger partial charge in [-0.2, -0.15) is 0 Å². The highest BCUT2D eigenvalue weighted by atomic mass is 32.2. The van der Waals surface area contributed by atoms with Crippen LogP contribution in [0.2, 0.25) is 0 Å². The Morgan fingerprint density at radius 1 is 0.931 bits per heavy atom. The van der Waals surface area contributed by atoms with Crippen molar-refractivity contribution in [2.24, 2.45) is 0 Å². The van der Waals surface area contributed by atoms with Crippen LogP contribution in [0.3, 0.4) is 0 Å². The molecule has 3 aromatic rings. The summed E-state index contributed by atoms with van der Waals surface area (Å²) in [6.45, 7) is 0. The lowest BCUT2D eigenvalue weighted by Crippen LogP contribution is -2.07. The average Bonchev–Trinajstić information content (AvgIpc) is 2.78. The zero-order valence-corrected chi connectivity index (χ0v) is 16.8. The van der Waals surface area contributed by atoms with Crippen LogP contribution in [0.15, 0.2) is 89.8 Å². The Morgan fingerprint density at radius 3 is 2.28 bits per heavy atom. The van der Waals surface area contributed by atoms with Gasteiger partial charge in [-0.3, -0.25) is 9.59 Å². The molecule has 146 valence electrons. The number of nitrogens with one attached hydrogen (secondary N) is 1. The van der Waals surface area contributed by atoms with Crippen LogP contribution in [-0.2, 0) is 4.79 Å². The van der Waals surface area contributed by atoms with Gasteiger partial charge >= 0.3 is 0 Å². The molecule has 3 aromatic carbocycles. The monoisotopic (exact) mass is 403 g/mol. The van der Waals surface area contributed by atoms with Crippen molar-refractivity contribution in [1.82, 2.24) is 0 Å². The van der Waals surface area contributed by atoms with Gasteiger partial charge in [-0.1, -0.05) is 30.3 Å². The average molecular weight is 404 g/mol. The Bertz CT molecular complexity index is 981. The smallest absolute Gasteiger partial charge is 0.248 e. The van der Waals surface area contributed by atoms with Gasteiger partial charge in [0.1, 0.15) is 5.75 Å². The van der Waals surface area contributed by atoms with E-state index in [1.807, 2.05) is 54.6 Å². The zero-order chi connectivity index (χ0) is 20.5. The molecule has 0 saturated carbocycles. The second-order valence-electron chi connectivity index (χ2n) is 6.20. The summed E-state index contributed by atoms with van der Waals surface area (Å²) in [4.78, 5) is 25.3. The third kappa shape index (κ3) is 6.36. The molecule has 0 aliphatic rings. The Hall–Kier alpha value is -3.31. The van der Waals surface area contributed by atoms with E-state index in [9.17, 15) is 9.59 Å². The van der Waals surface area contributed by atoms with Gasteiger partial charge in [0.15, 0.2) is 5.78 Å². The Morgan fingerprint density at radius 2 is 1.62 bits per heavy atom. The van der Waals surface area contributed by atoms with Crippen LogP contribution in [0.1, 0.15) is 15.9 Å². The van der Waals surface area contributed by atoms with Crippen molar-refractivity contribution in [2.45, 2.75) is 4.90 Å². The highest BCUT2D eigenvalue weighted by Crippen LogP contribution is 2.22. The minimum absolute atomic E-state index is 0.0566. The summed E-state index contributed by atoms with van der Waals surface area (Å²) in [5.74, 6) is 0.938. The number of carbonyl (C=O) groups excluding carboxylic acids is 2. The van der Waals surface area contributed by atoms with Crippen molar-refractivity contribution in [1.29, 1.82) is 0 Å². The first-order valence-corrected chi connectivity index (χ1v) is 10.1. The number of hydrogen-bond acceptors (Lipinski definition) is 4. The molecular formula is C24H21NO3S. The molecule has 0 aliphatic heterocycles. The molecule has 0 atom stereocenters. The molecule has 0 saturated heterocycles. The summed E-state index contributed by atoms with van der Waals surface area (Å²) in [5, 5.41) is 2.83. The first kappa shape index (κ1) is 20.4. The van der Waals surface area contributed by atoms with E-state index in [0.717, 1.165) is 16.2 Å². The second kappa shape index (κ2) is 10.3. The van der Waals surface area contributed by atoms with Crippen LogP contribution in [0.25, 0.3) is 6.08 Å². The summed E-state index contributed by atoms with van der Waals surface area (Å²) < 4.78 is 5.10. The van der Waals surface area contributed by atoms with Gasteiger partial charge in [0, 0.05) is 22.2 Å². The third-order valence-electron chi connectivity index (χ3n) is 4.13. The predicted octanol–water partition coefficient (Wildman–Crippen LogP) is 5.32. The van der Waals surface area contributed by atoms with E-state index in [4.69, 9.17) is 4.74 Å². The van der Waals surface area contributed by atoms with Crippen LogP contribution in [0.4, 0.5) is 5.69 Å². The van der Waals surface area contributed by atoms with Gasteiger partial charge in [-0.05, 0) is 60.2 Å². The lowest BCUT2D eigenvalue weighted by molar-refractivity contribution is -0.111. The van der Waals surface area contributed by atoms with Gasteiger partial charge in [0.2, 0.25) is 5.91 Å². The highest BCUT2D eigenvalue weighted by Gasteiger charge is 2.07. The molecule has 0 aromatic heterocycles. The Balaban J connectivity index is 1.49. The van der Waals surface area contributed by atoms with Gasteiger partial charge in [-0.15, -0.1) is 11.8 Å². The summed E-state index contributed by atoms with van der Waals surface area (Å²) in [6.07, 6.45) is 3.27. The summed E-state index contributed by atoms with van der Waals surface area (Å²) in [5.41, 5.74) is 2.34. The van der Waals surface area contributed by atoms with Gasteiger partial charge < -0.3 is 10.1 Å². The van der Waals surface area contributed by atoms with Crippen LogP contribution < -0.4 is 10.1 Å². The van der Waals surface area contributed by atoms with Crippen molar-refractivity contribution in [3.63, 3.8) is 0 Å². The Labute approximate surface area is 174 Å². The second-order valence-corrected chi connectivity index (χ2v) is 7.25. The Kier molecular flexibility index (Phi) is 7.25. The quantitative estimate of drug-likeness (QED) is 0.314. The molecule has 4 nitrogen and oxygen atoms in total. The van der Waals surface area contributed by atoms with Crippen molar-refractivity contribution in [3.8, 4) is 5.75 Å². The fourth-order valence-corrected chi connectivity index (χ4v) is 3.36. The topological polar surface area (TPSA) is 55.4 Å². The number of amides is 1. The number of carbonyl (C=O) groups is 2. The molecule has 0 fully saturated rings. The maximum atomic E-state index is 12.3. The standard InChI is InChI=1S/C24H21NO3S/c1-28-21-12-8-19(9-13-21)23(26)17-29-22-14-10-20(11-15-22)25-24(27)16-7-18-5-3-2-4-6-18/h2-16H,17H2,1H3,(H,25,27)/b16-7+. The summed E-state index contributed by atoms with van der Waals surface area (Å²) >= 11 is 1.46. The first-order valence-electron chi connectivity index (χ1n) is 9.08. The summed E-state index contributed by atoms with van der Waals surface area (Å²) in [6, 6.07) is 24.2. The van der Waals surface area contributed by atoms with Crippen LogP contribution in [-0.4, -0.2) is 24.6 Å². The number of methoxy groups -OCH3 is 1. The van der Waals surface area contributed by atoms with Crippen molar-refractivity contribution in [3.05, 3.63) is 96.1 Å². The fourth-order valence-electron chi connectivity index (χ4n) is 2.56. The maximum Gasteiger partial charge on any atom is 0.248 e. The first-order chi connectivity index (χ1) is 14.1. The zero-order valence-electron chi connectivity index (χ0n) is 16.0. The van der Waals surface area contributed by atoms with E-state index in [1.54, 1.807) is 37.5 Å². The number of hydrogen-bond donors (Lipinski definition) is 1. The minimum atomic E-state index is -0.191. The fraction of sp³-hybridized carbons (Fsp3) is 0.0833. The van der Waals surface area contributed by atoms with Gasteiger partial charge in [-0.25, -0.2) is 0 Å². The molecule has 1 amide bonds. The molecule has 5 heteroatoms. The third-order valence-corrected chi connectivity index (χ3v) is 5.14. The largest absolute Gasteiger partial charge is 0.497 e. The van der Waals surface area contributed by atoms with E-state index in [-0.39, 0.29) is 11.7 Å². The maximum absolute atomic E-state index is 12.3. The van der Waals surface area contributed by atoms with Gasteiger partial charge in [0.05, 0.1) is 12.9 Å². The number of benzene rings is 3. The number of anilines is 1. The normalized spacial score (nSPS) is 10.7. The molecule has 29 heavy (non-hydrogen) atoms. The van der Waals surface area contributed by atoms with E-state index < -0.39 is 0 Å². The highest BCUT2D eigenvalue weighted by molar-refractivity contribution is 8.00. The molecule has 0 aliphatic carbocycles. The molecule has 3 rings (SSSR count). The van der Waals surface area contributed by atoms with Gasteiger partial charge in [0.25, 0.3) is 0 Å². The van der Waals surface area contributed by atoms with Crippen molar-refractivity contribution < 1.29 is 14.3 Å². The molecule has 0 unspecified atom stereocenters. The number of ether oxygens (including phenoxy) is 1. The molecule has 0 heterocycles.